The van der Waals surface area contributed by atoms with E-state index in [1.807, 2.05) is 4.90 Å². The molecular formula is C19H18BrNO6. The van der Waals surface area contributed by atoms with E-state index in [1.165, 1.54) is 14.2 Å². The highest BCUT2D eigenvalue weighted by atomic mass is 79.9. The van der Waals surface area contributed by atoms with E-state index in [0.717, 1.165) is 12.8 Å². The number of hydrogen-bond acceptors (Lipinski definition) is 7. The van der Waals surface area contributed by atoms with Crippen molar-refractivity contribution in [2.75, 3.05) is 21.0 Å². The number of carbonyl (C=O) groups excluding carboxylic acids is 2. The summed E-state index contributed by atoms with van der Waals surface area (Å²) >= 11 is 3.53. The Morgan fingerprint density at radius 1 is 1.04 bits per heavy atom. The van der Waals surface area contributed by atoms with Crippen molar-refractivity contribution in [2.24, 2.45) is 0 Å². The molecule has 0 N–H and O–H groups in total. The van der Waals surface area contributed by atoms with E-state index in [1.54, 1.807) is 24.5 Å². The lowest BCUT2D eigenvalue weighted by Gasteiger charge is -2.30. The normalized spacial score (nSPS) is 18.7. The summed E-state index contributed by atoms with van der Waals surface area (Å²) < 4.78 is 21.6. The van der Waals surface area contributed by atoms with Crippen LogP contribution in [0.15, 0.2) is 40.2 Å². The predicted octanol–water partition coefficient (Wildman–Crippen LogP) is 2.85. The van der Waals surface area contributed by atoms with Crippen LogP contribution in [-0.4, -0.2) is 43.9 Å². The maximum absolute atomic E-state index is 12.6. The minimum Gasteiger partial charge on any atom is -0.466 e. The number of nitrogens with zero attached hydrogens (tertiary/aromatic N) is 1. The first kappa shape index (κ1) is 17.9. The Hall–Kier alpha value is -2.48. The maximum Gasteiger partial charge on any atom is 0.336 e. The van der Waals surface area contributed by atoms with E-state index in [2.05, 4.69) is 15.9 Å². The third kappa shape index (κ3) is 3.18. The second-order valence-electron chi connectivity index (χ2n) is 6.49. The van der Waals surface area contributed by atoms with Gasteiger partial charge in [-0.05, 0) is 30.5 Å². The zero-order valence-corrected chi connectivity index (χ0v) is 16.4. The fourth-order valence-electron chi connectivity index (χ4n) is 3.32. The molecule has 4 rings (SSSR count). The van der Waals surface area contributed by atoms with Crippen molar-refractivity contribution in [3.05, 3.63) is 45.7 Å². The van der Waals surface area contributed by atoms with Crippen LogP contribution in [0, 0.1) is 0 Å². The molecular weight excluding hydrogens is 418 g/mol. The molecule has 0 unspecified atom stereocenters. The highest BCUT2D eigenvalue weighted by molar-refractivity contribution is 9.10. The Bertz CT molecular complexity index is 839. The van der Waals surface area contributed by atoms with E-state index >= 15 is 0 Å². The molecule has 1 fully saturated rings. The summed E-state index contributed by atoms with van der Waals surface area (Å²) in [6, 6.07) is 3.83. The number of halogens is 1. The summed E-state index contributed by atoms with van der Waals surface area (Å²) in [4.78, 5) is 27.0. The summed E-state index contributed by atoms with van der Waals surface area (Å²) in [6.45, 7) is 0.130. The molecule has 0 spiro atoms. The molecule has 1 saturated carbocycles. The van der Waals surface area contributed by atoms with Crippen LogP contribution in [0.25, 0.3) is 0 Å². The third-order valence-corrected chi connectivity index (χ3v) is 5.50. The monoisotopic (exact) mass is 435 g/mol. The first-order chi connectivity index (χ1) is 13.0. The minimum atomic E-state index is -0.649. The van der Waals surface area contributed by atoms with Crippen LogP contribution >= 0.6 is 15.9 Å². The largest absolute Gasteiger partial charge is 0.466 e. The lowest BCUT2D eigenvalue weighted by Crippen LogP contribution is -2.29. The van der Waals surface area contributed by atoms with Crippen molar-refractivity contribution in [3.8, 4) is 11.5 Å². The van der Waals surface area contributed by atoms with Crippen LogP contribution in [0.2, 0.25) is 0 Å². The number of esters is 2. The van der Waals surface area contributed by atoms with Gasteiger partial charge in [0.2, 0.25) is 6.79 Å². The summed E-state index contributed by atoms with van der Waals surface area (Å²) in [5.41, 5.74) is 1.43. The third-order valence-electron chi connectivity index (χ3n) is 4.81. The van der Waals surface area contributed by atoms with E-state index in [-0.39, 0.29) is 12.8 Å². The zero-order chi connectivity index (χ0) is 19.1. The fraction of sp³-hybridized carbons (Fsp3) is 0.368. The van der Waals surface area contributed by atoms with Gasteiger partial charge in [-0.2, -0.15) is 0 Å². The Kier molecular flexibility index (Phi) is 4.59. The summed E-state index contributed by atoms with van der Waals surface area (Å²) in [6.07, 6.45) is 5.54. The standard InChI is InChI=1S/C19H18BrNO6/c1-24-18(22)12-7-21(10-3-4-10)8-13(19(23)25-2)17(12)11-5-15-16(6-14(11)20)27-9-26-15/h5-8,10,17H,3-4,9H2,1-2H3. The molecule has 0 atom stereocenters. The Balaban J connectivity index is 1.86. The molecule has 2 aliphatic heterocycles. The van der Waals surface area contributed by atoms with Gasteiger partial charge in [-0.25, -0.2) is 9.59 Å². The second kappa shape index (κ2) is 6.92. The van der Waals surface area contributed by atoms with Gasteiger partial charge in [0.1, 0.15) is 0 Å². The van der Waals surface area contributed by atoms with Crippen molar-refractivity contribution < 1.29 is 28.5 Å². The summed E-state index contributed by atoms with van der Waals surface area (Å²) in [5, 5.41) is 0. The molecule has 0 bridgehead atoms. The van der Waals surface area contributed by atoms with Crippen molar-refractivity contribution in [2.45, 2.75) is 24.8 Å². The topological polar surface area (TPSA) is 74.3 Å². The number of ether oxygens (including phenoxy) is 4. The molecule has 0 aromatic heterocycles. The average Bonchev–Trinajstić information content (AvgIpc) is 3.44. The number of benzene rings is 1. The average molecular weight is 436 g/mol. The molecule has 1 aromatic rings. The predicted molar refractivity (Wildman–Crippen MR) is 98.1 cm³/mol. The molecule has 0 amide bonds. The number of fused-ring (bicyclic) bond motifs is 1. The van der Waals surface area contributed by atoms with E-state index in [9.17, 15) is 9.59 Å². The van der Waals surface area contributed by atoms with Gasteiger partial charge < -0.3 is 23.8 Å². The molecule has 0 saturated heterocycles. The molecule has 2 heterocycles. The Labute approximate surface area is 164 Å². The molecule has 8 heteroatoms. The van der Waals surface area contributed by atoms with Crippen LogP contribution in [-0.2, 0) is 19.1 Å². The lowest BCUT2D eigenvalue weighted by molar-refractivity contribution is -0.137. The Morgan fingerprint density at radius 2 is 1.59 bits per heavy atom. The van der Waals surface area contributed by atoms with Crippen molar-refractivity contribution in [3.63, 3.8) is 0 Å². The van der Waals surface area contributed by atoms with E-state index in [0.29, 0.717) is 32.7 Å². The number of hydrogen-bond donors (Lipinski definition) is 0. The van der Waals surface area contributed by atoms with Gasteiger partial charge in [0.05, 0.1) is 31.3 Å². The fourth-order valence-corrected chi connectivity index (χ4v) is 3.88. The second-order valence-corrected chi connectivity index (χ2v) is 7.34. The highest BCUT2D eigenvalue weighted by Crippen LogP contribution is 2.46. The first-order valence-electron chi connectivity index (χ1n) is 8.50. The summed E-state index contributed by atoms with van der Waals surface area (Å²) in [7, 11) is 2.65. The zero-order valence-electron chi connectivity index (χ0n) is 14.9. The van der Waals surface area contributed by atoms with Crippen molar-refractivity contribution in [1.82, 2.24) is 4.90 Å². The molecule has 142 valence electrons. The van der Waals surface area contributed by atoms with Gasteiger partial charge in [-0.3, -0.25) is 0 Å². The molecule has 27 heavy (non-hydrogen) atoms. The number of carbonyl (C=O) groups is 2. The van der Waals surface area contributed by atoms with E-state index < -0.39 is 17.9 Å². The number of methoxy groups -OCH3 is 2. The smallest absolute Gasteiger partial charge is 0.336 e. The number of rotatable bonds is 4. The van der Waals surface area contributed by atoms with Gasteiger partial charge in [0.25, 0.3) is 0 Å². The van der Waals surface area contributed by atoms with Gasteiger partial charge >= 0.3 is 11.9 Å². The molecule has 0 radical (unpaired) electrons. The molecule has 1 aliphatic carbocycles. The van der Waals surface area contributed by atoms with Gasteiger partial charge in [0, 0.05) is 22.9 Å². The molecule has 1 aromatic carbocycles. The quantitative estimate of drug-likeness (QED) is 0.672. The van der Waals surface area contributed by atoms with Crippen LogP contribution in [0.5, 0.6) is 11.5 Å². The highest BCUT2D eigenvalue weighted by Gasteiger charge is 2.40. The van der Waals surface area contributed by atoms with Gasteiger partial charge in [0.15, 0.2) is 11.5 Å². The SMILES string of the molecule is COC(=O)C1=CN(C2CC2)C=C(C(=O)OC)C1c1cc2c(cc1Br)OCO2. The molecule has 7 nitrogen and oxygen atoms in total. The van der Waals surface area contributed by atoms with E-state index in [4.69, 9.17) is 18.9 Å². The van der Waals surface area contributed by atoms with Gasteiger partial charge in [-0.1, -0.05) is 15.9 Å². The van der Waals surface area contributed by atoms with Crippen molar-refractivity contribution in [1.29, 1.82) is 0 Å². The molecule has 3 aliphatic rings. The van der Waals surface area contributed by atoms with Crippen LogP contribution in [0.1, 0.15) is 24.3 Å². The minimum absolute atomic E-state index is 0.130. The van der Waals surface area contributed by atoms with Crippen LogP contribution in [0.3, 0.4) is 0 Å². The van der Waals surface area contributed by atoms with Crippen molar-refractivity contribution >= 4 is 27.9 Å². The summed E-state index contributed by atoms with van der Waals surface area (Å²) in [5.74, 6) is -0.474. The maximum atomic E-state index is 12.6. The van der Waals surface area contributed by atoms with Crippen LogP contribution < -0.4 is 9.47 Å². The first-order valence-corrected chi connectivity index (χ1v) is 9.29. The van der Waals surface area contributed by atoms with Gasteiger partial charge in [-0.15, -0.1) is 0 Å². The van der Waals surface area contributed by atoms with Crippen LogP contribution in [0.4, 0.5) is 0 Å². The lowest BCUT2D eigenvalue weighted by atomic mass is 9.83. The Morgan fingerprint density at radius 3 is 2.11 bits per heavy atom.